The number of amides is 1. The van der Waals surface area contributed by atoms with E-state index in [1.807, 2.05) is 11.9 Å². The average molecular weight is 388 g/mol. The predicted octanol–water partition coefficient (Wildman–Crippen LogP) is 3.67. The molecule has 0 radical (unpaired) electrons. The largest absolute Gasteiger partial charge is 0.341 e. The summed E-state index contributed by atoms with van der Waals surface area (Å²) in [7, 11) is -2.90. The number of carbonyl (C=O) groups excluding carboxylic acids is 1. The third-order valence-corrected chi connectivity index (χ3v) is 6.23. The maximum absolute atomic E-state index is 12.8. The van der Waals surface area contributed by atoms with Gasteiger partial charge in [0.15, 0.2) is 0 Å². The van der Waals surface area contributed by atoms with Crippen molar-refractivity contribution in [2.45, 2.75) is 61.6 Å². The first kappa shape index (κ1) is 20.8. The molecule has 5 nitrogen and oxygen atoms in total. The van der Waals surface area contributed by atoms with Crippen LogP contribution in [0.25, 0.3) is 0 Å². The van der Waals surface area contributed by atoms with Crippen molar-refractivity contribution < 1.29 is 22.0 Å². The minimum absolute atomic E-state index is 0.0910. The Bertz CT molecular complexity index is 702. The van der Waals surface area contributed by atoms with E-state index in [1.165, 1.54) is 37.5 Å². The molecule has 1 aliphatic carbocycles. The summed E-state index contributed by atoms with van der Waals surface area (Å²) in [6.07, 6.45) is 7.98. The molecule has 0 atom stereocenters. The summed E-state index contributed by atoms with van der Waals surface area (Å²) in [6.45, 7) is 0.0910. The number of benzene rings is 1. The second-order valence-corrected chi connectivity index (χ2v) is 8.65. The summed E-state index contributed by atoms with van der Waals surface area (Å²) < 4.78 is 49.2. The highest BCUT2D eigenvalue weighted by Crippen LogP contribution is 2.26. The van der Waals surface area contributed by atoms with Crippen molar-refractivity contribution in [2.24, 2.45) is 0 Å². The maximum atomic E-state index is 12.8. The van der Waals surface area contributed by atoms with E-state index < -0.39 is 26.4 Å². The molecule has 8 heteroatoms. The van der Waals surface area contributed by atoms with E-state index in [1.54, 1.807) is 0 Å². The molecule has 2 rings (SSSR count). The molecule has 1 aromatic carbocycles. The zero-order valence-corrected chi connectivity index (χ0v) is 15.8. The van der Waals surface area contributed by atoms with Crippen molar-refractivity contribution in [3.05, 3.63) is 24.3 Å². The minimum atomic E-state index is -4.77. The molecule has 0 unspecified atom stereocenters. The Balaban J connectivity index is 2.04. The number of nitrogens with one attached hydrogen (secondary N) is 1. The highest BCUT2D eigenvalue weighted by Gasteiger charge is 2.29. The molecule has 26 heavy (non-hydrogen) atoms. The van der Waals surface area contributed by atoms with Crippen molar-refractivity contribution in [1.82, 2.24) is 4.90 Å². The number of halogens is 2. The Hall–Kier alpha value is -1.54. The van der Waals surface area contributed by atoms with Gasteiger partial charge in [-0.1, -0.05) is 44.2 Å². The van der Waals surface area contributed by atoms with Crippen LogP contribution < -0.4 is 5.32 Å². The van der Waals surface area contributed by atoms with Gasteiger partial charge in [-0.05, 0) is 32.0 Å². The van der Waals surface area contributed by atoms with Crippen LogP contribution >= 0.6 is 0 Å². The zero-order chi connectivity index (χ0) is 19.2. The molecule has 1 aliphatic rings. The molecule has 1 saturated carbocycles. The second-order valence-electron chi connectivity index (χ2n) is 6.76. The monoisotopic (exact) mass is 388 g/mol. The summed E-state index contributed by atoms with van der Waals surface area (Å²) in [5, 5.41) is 2.48. The lowest BCUT2D eigenvalue weighted by molar-refractivity contribution is -0.117. The Kier molecular flexibility index (Phi) is 7.52. The number of para-hydroxylation sites is 1. The van der Waals surface area contributed by atoms with Crippen LogP contribution in [0.1, 0.15) is 44.9 Å². The fraction of sp³-hybridized carbons (Fsp3) is 0.611. The van der Waals surface area contributed by atoms with E-state index in [9.17, 15) is 22.0 Å². The molecule has 1 N–H and O–H groups in total. The van der Waals surface area contributed by atoms with Gasteiger partial charge in [-0.25, -0.2) is 8.42 Å². The Labute approximate surface area is 153 Å². The second kappa shape index (κ2) is 9.41. The van der Waals surface area contributed by atoms with Gasteiger partial charge in [-0.3, -0.25) is 9.69 Å². The van der Waals surface area contributed by atoms with E-state index in [0.717, 1.165) is 31.7 Å². The molecule has 1 aromatic rings. The van der Waals surface area contributed by atoms with E-state index in [2.05, 4.69) is 5.32 Å². The van der Waals surface area contributed by atoms with Gasteiger partial charge in [0.1, 0.15) is 0 Å². The lowest BCUT2D eigenvalue weighted by atomic mass is 9.96. The van der Waals surface area contributed by atoms with E-state index in [0.29, 0.717) is 6.04 Å². The number of nitrogens with zero attached hydrogens (tertiary/aromatic N) is 1. The van der Waals surface area contributed by atoms with Crippen LogP contribution in [0, 0.1) is 0 Å². The molecule has 0 saturated heterocycles. The molecule has 146 valence electrons. The number of likely N-dealkylation sites (N-methyl/N-ethyl adjacent to an activating group) is 1. The lowest BCUT2D eigenvalue weighted by Crippen LogP contribution is -2.38. The van der Waals surface area contributed by atoms with Crippen LogP contribution in [0.3, 0.4) is 0 Å². The minimum Gasteiger partial charge on any atom is -0.324 e. The predicted molar refractivity (Wildman–Crippen MR) is 97.0 cm³/mol. The van der Waals surface area contributed by atoms with E-state index in [-0.39, 0.29) is 12.2 Å². The van der Waals surface area contributed by atoms with Gasteiger partial charge in [0.25, 0.3) is 0 Å². The Morgan fingerprint density at radius 3 is 2.35 bits per heavy atom. The normalized spacial score (nSPS) is 17.1. The van der Waals surface area contributed by atoms with Gasteiger partial charge in [-0.2, -0.15) is 8.78 Å². The van der Waals surface area contributed by atoms with E-state index >= 15 is 0 Å². The van der Waals surface area contributed by atoms with Gasteiger partial charge in [-0.15, -0.1) is 0 Å². The highest BCUT2D eigenvalue weighted by molar-refractivity contribution is 7.91. The summed E-state index contributed by atoms with van der Waals surface area (Å²) in [4.78, 5) is 13.7. The number of sulfone groups is 1. The number of rotatable bonds is 6. The molecule has 0 aromatic heterocycles. The first-order valence-corrected chi connectivity index (χ1v) is 10.5. The maximum Gasteiger partial charge on any atom is 0.341 e. The van der Waals surface area contributed by atoms with Crippen molar-refractivity contribution in [1.29, 1.82) is 0 Å². The van der Waals surface area contributed by atoms with Crippen LogP contribution in [-0.4, -0.2) is 44.6 Å². The van der Waals surface area contributed by atoms with Gasteiger partial charge in [0.05, 0.1) is 17.1 Å². The van der Waals surface area contributed by atoms with Crippen LogP contribution in [0.4, 0.5) is 14.5 Å². The van der Waals surface area contributed by atoms with Gasteiger partial charge >= 0.3 is 5.76 Å². The molecule has 0 aliphatic heterocycles. The van der Waals surface area contributed by atoms with Crippen molar-refractivity contribution in [3.63, 3.8) is 0 Å². The first-order valence-electron chi connectivity index (χ1n) is 8.93. The smallest absolute Gasteiger partial charge is 0.324 e. The van der Waals surface area contributed by atoms with Crippen LogP contribution in [0.2, 0.25) is 0 Å². The Morgan fingerprint density at radius 1 is 1.15 bits per heavy atom. The molecule has 0 bridgehead atoms. The third kappa shape index (κ3) is 5.48. The first-order chi connectivity index (χ1) is 12.3. The number of anilines is 1. The van der Waals surface area contributed by atoms with E-state index in [4.69, 9.17) is 0 Å². The average Bonchev–Trinajstić information content (AvgIpc) is 2.54. The quantitative estimate of drug-likeness (QED) is 0.808. The SMILES string of the molecule is CN(CC(=O)Nc1ccccc1S(=O)(=O)C(F)F)C1CCCCCCC1. The molecule has 0 heterocycles. The van der Waals surface area contributed by atoms with Gasteiger partial charge in [0, 0.05) is 6.04 Å². The standard InChI is InChI=1S/C18H26F2N2O3S/c1-22(14-9-5-3-2-4-6-10-14)13-17(23)21-15-11-7-8-12-16(15)26(24,25)18(19)20/h7-8,11-12,14,18H,2-6,9-10,13H2,1H3,(H,21,23). The fourth-order valence-electron chi connectivity index (χ4n) is 3.33. The highest BCUT2D eigenvalue weighted by atomic mass is 32.2. The van der Waals surface area contributed by atoms with Gasteiger partial charge < -0.3 is 5.32 Å². The molecule has 1 amide bonds. The van der Waals surface area contributed by atoms with Gasteiger partial charge in [0.2, 0.25) is 15.7 Å². The van der Waals surface area contributed by atoms with Crippen LogP contribution in [0.5, 0.6) is 0 Å². The van der Waals surface area contributed by atoms with Crippen LogP contribution in [-0.2, 0) is 14.6 Å². The fourth-order valence-corrected chi connectivity index (χ4v) is 4.22. The molecular formula is C18H26F2N2O3S. The molecule has 0 spiro atoms. The number of hydrogen-bond acceptors (Lipinski definition) is 4. The van der Waals surface area contributed by atoms with Crippen molar-refractivity contribution >= 4 is 21.4 Å². The topological polar surface area (TPSA) is 66.5 Å². The number of carbonyl (C=O) groups is 1. The Morgan fingerprint density at radius 2 is 1.73 bits per heavy atom. The van der Waals surface area contributed by atoms with Crippen molar-refractivity contribution in [3.8, 4) is 0 Å². The molecular weight excluding hydrogens is 362 g/mol. The van der Waals surface area contributed by atoms with Crippen LogP contribution in [0.15, 0.2) is 29.2 Å². The summed E-state index contributed by atoms with van der Waals surface area (Å²) >= 11 is 0. The summed E-state index contributed by atoms with van der Waals surface area (Å²) in [5.41, 5.74) is -0.108. The lowest BCUT2D eigenvalue weighted by Gasteiger charge is -2.29. The summed E-state index contributed by atoms with van der Waals surface area (Å²) in [5.74, 6) is -3.94. The third-order valence-electron chi connectivity index (χ3n) is 4.79. The summed E-state index contributed by atoms with van der Waals surface area (Å²) in [6, 6.07) is 5.56. The number of hydrogen-bond donors (Lipinski definition) is 1. The van der Waals surface area contributed by atoms with Crippen molar-refractivity contribution in [2.75, 3.05) is 18.9 Å². The number of alkyl halides is 2. The zero-order valence-electron chi connectivity index (χ0n) is 15.0. The molecule has 1 fully saturated rings.